The molecule has 20 heavy (non-hydrogen) atoms. The molecular formula is C15H20N2O2S. The predicted molar refractivity (Wildman–Crippen MR) is 80.3 cm³/mol. The zero-order valence-corrected chi connectivity index (χ0v) is 12.8. The highest BCUT2D eigenvalue weighted by Crippen LogP contribution is 2.40. The summed E-state index contributed by atoms with van der Waals surface area (Å²) in [4.78, 5) is 28.0. The van der Waals surface area contributed by atoms with E-state index in [-0.39, 0.29) is 17.7 Å². The third kappa shape index (κ3) is 2.59. The van der Waals surface area contributed by atoms with Gasteiger partial charge in [0.05, 0.1) is 10.6 Å². The highest BCUT2D eigenvalue weighted by Gasteiger charge is 2.37. The van der Waals surface area contributed by atoms with E-state index in [4.69, 9.17) is 0 Å². The summed E-state index contributed by atoms with van der Waals surface area (Å²) in [5, 5.41) is 2.93. The largest absolute Gasteiger partial charge is 0.351 e. The van der Waals surface area contributed by atoms with Crippen LogP contribution in [0, 0.1) is 11.8 Å². The molecule has 0 atom stereocenters. The molecule has 1 fully saturated rings. The van der Waals surface area contributed by atoms with Gasteiger partial charge in [0.1, 0.15) is 0 Å². The van der Waals surface area contributed by atoms with Gasteiger partial charge in [0, 0.05) is 30.3 Å². The summed E-state index contributed by atoms with van der Waals surface area (Å²) in [6, 6.07) is 1.89. The molecule has 0 bridgehead atoms. The van der Waals surface area contributed by atoms with Crippen LogP contribution in [-0.2, 0) is 11.2 Å². The van der Waals surface area contributed by atoms with Crippen LogP contribution in [0.1, 0.15) is 41.2 Å². The summed E-state index contributed by atoms with van der Waals surface area (Å²) >= 11 is 1.53. The second kappa shape index (κ2) is 5.20. The third-order valence-corrected chi connectivity index (χ3v) is 4.91. The van der Waals surface area contributed by atoms with Crippen LogP contribution >= 0.6 is 11.3 Å². The quantitative estimate of drug-likeness (QED) is 0.926. The zero-order valence-electron chi connectivity index (χ0n) is 11.9. The van der Waals surface area contributed by atoms with Gasteiger partial charge in [-0.1, -0.05) is 13.8 Å². The van der Waals surface area contributed by atoms with Crippen molar-refractivity contribution in [2.75, 3.05) is 18.0 Å². The summed E-state index contributed by atoms with van der Waals surface area (Å²) in [6.07, 6.45) is 2.93. The van der Waals surface area contributed by atoms with Crippen LogP contribution in [0.2, 0.25) is 0 Å². The molecular weight excluding hydrogens is 272 g/mol. The van der Waals surface area contributed by atoms with E-state index in [1.54, 1.807) is 0 Å². The molecule has 2 amide bonds. The zero-order chi connectivity index (χ0) is 14.3. The Kier molecular flexibility index (Phi) is 3.54. The number of hydrogen-bond acceptors (Lipinski definition) is 3. The summed E-state index contributed by atoms with van der Waals surface area (Å²) in [5.41, 5.74) is 0.974. The maximum atomic E-state index is 12.2. The lowest BCUT2D eigenvalue weighted by Crippen LogP contribution is -2.30. The highest BCUT2D eigenvalue weighted by molar-refractivity contribution is 7.14. The lowest BCUT2D eigenvalue weighted by molar-refractivity contribution is -0.119. The minimum Gasteiger partial charge on any atom is -0.351 e. The Hall–Kier alpha value is -1.36. The maximum absolute atomic E-state index is 12.2. The van der Waals surface area contributed by atoms with Crippen molar-refractivity contribution in [2.45, 2.75) is 33.1 Å². The molecule has 2 heterocycles. The Morgan fingerprint density at radius 1 is 1.45 bits per heavy atom. The number of hydrogen-bond donors (Lipinski definition) is 1. The molecule has 0 saturated heterocycles. The van der Waals surface area contributed by atoms with E-state index < -0.39 is 0 Å². The molecule has 0 spiro atoms. The van der Waals surface area contributed by atoms with Crippen molar-refractivity contribution in [1.82, 2.24) is 5.32 Å². The van der Waals surface area contributed by atoms with Gasteiger partial charge in [-0.25, -0.2) is 0 Å². The van der Waals surface area contributed by atoms with Gasteiger partial charge in [0.2, 0.25) is 5.91 Å². The van der Waals surface area contributed by atoms with E-state index in [1.807, 2.05) is 11.0 Å². The normalized spacial score (nSPS) is 17.4. The highest BCUT2D eigenvalue weighted by atomic mass is 32.1. The maximum Gasteiger partial charge on any atom is 0.261 e. The van der Waals surface area contributed by atoms with Crippen molar-refractivity contribution < 1.29 is 9.59 Å². The lowest BCUT2D eigenvalue weighted by atomic mass is 10.2. The molecule has 5 heteroatoms. The van der Waals surface area contributed by atoms with Crippen molar-refractivity contribution in [3.63, 3.8) is 0 Å². The van der Waals surface area contributed by atoms with E-state index >= 15 is 0 Å². The molecule has 0 radical (unpaired) electrons. The topological polar surface area (TPSA) is 49.4 Å². The first kappa shape index (κ1) is 13.6. The lowest BCUT2D eigenvalue weighted by Gasteiger charge is -2.15. The Morgan fingerprint density at radius 3 is 2.85 bits per heavy atom. The first-order valence-corrected chi connectivity index (χ1v) is 8.10. The van der Waals surface area contributed by atoms with Crippen molar-refractivity contribution >= 4 is 28.8 Å². The van der Waals surface area contributed by atoms with Gasteiger partial charge in [0.25, 0.3) is 5.91 Å². The minimum atomic E-state index is -0.0167. The number of carbonyl (C=O) groups excluding carboxylic acids is 2. The van der Waals surface area contributed by atoms with Gasteiger partial charge in [-0.05, 0) is 24.8 Å². The van der Waals surface area contributed by atoms with Crippen LogP contribution in [-0.4, -0.2) is 24.9 Å². The smallest absolute Gasteiger partial charge is 0.261 e. The first-order chi connectivity index (χ1) is 9.56. The number of rotatable bonds is 4. The van der Waals surface area contributed by atoms with Crippen molar-refractivity contribution in [2.24, 2.45) is 11.8 Å². The number of anilines is 1. The molecule has 0 unspecified atom stereocenters. The molecule has 4 nitrogen and oxygen atoms in total. The number of amides is 2. The predicted octanol–water partition coefficient (Wildman–Crippen LogP) is 2.43. The van der Waals surface area contributed by atoms with E-state index in [0.29, 0.717) is 12.5 Å². The van der Waals surface area contributed by atoms with E-state index in [9.17, 15) is 9.59 Å². The van der Waals surface area contributed by atoms with Gasteiger partial charge in [-0.2, -0.15) is 0 Å². The monoisotopic (exact) mass is 292 g/mol. The van der Waals surface area contributed by atoms with Crippen LogP contribution in [0.15, 0.2) is 6.07 Å². The minimum absolute atomic E-state index is 0.0167. The molecule has 1 saturated carbocycles. The summed E-state index contributed by atoms with van der Waals surface area (Å²) in [7, 11) is 0. The third-order valence-electron chi connectivity index (χ3n) is 3.73. The molecule has 0 aromatic carbocycles. The number of thiophene rings is 1. The molecule has 3 rings (SSSR count). The van der Waals surface area contributed by atoms with E-state index in [1.165, 1.54) is 16.2 Å². The van der Waals surface area contributed by atoms with Crippen LogP contribution in [0.5, 0.6) is 0 Å². The fourth-order valence-corrected chi connectivity index (χ4v) is 3.50. The fourth-order valence-electron chi connectivity index (χ4n) is 2.44. The standard InChI is InChI=1S/C15H20N2O2S/c1-9(2)8-16-14(18)13-7-11-12(20-13)5-6-17(11)15(19)10-3-4-10/h7,9-10H,3-6,8H2,1-2H3,(H,16,18). The summed E-state index contributed by atoms with van der Waals surface area (Å²) < 4.78 is 0. The van der Waals surface area contributed by atoms with Crippen LogP contribution in [0.4, 0.5) is 5.69 Å². The second-order valence-electron chi connectivity index (χ2n) is 6.04. The van der Waals surface area contributed by atoms with Gasteiger partial charge in [-0.3, -0.25) is 9.59 Å². The second-order valence-corrected chi connectivity index (χ2v) is 7.17. The molecule has 1 aromatic rings. The molecule has 2 aliphatic rings. The Balaban J connectivity index is 1.72. The molecule has 1 N–H and O–H groups in total. The number of nitrogens with one attached hydrogen (secondary N) is 1. The Morgan fingerprint density at radius 2 is 2.20 bits per heavy atom. The van der Waals surface area contributed by atoms with E-state index in [0.717, 1.165) is 36.4 Å². The fraction of sp³-hybridized carbons (Fsp3) is 0.600. The molecule has 1 aromatic heterocycles. The van der Waals surface area contributed by atoms with Crippen LogP contribution < -0.4 is 10.2 Å². The van der Waals surface area contributed by atoms with Crippen LogP contribution in [0.3, 0.4) is 0 Å². The average molecular weight is 292 g/mol. The SMILES string of the molecule is CC(C)CNC(=O)c1cc2c(s1)CCN2C(=O)C1CC1. The first-order valence-electron chi connectivity index (χ1n) is 7.28. The Bertz CT molecular complexity index is 546. The molecule has 1 aliphatic heterocycles. The molecule has 1 aliphatic carbocycles. The van der Waals surface area contributed by atoms with Crippen LogP contribution in [0.25, 0.3) is 0 Å². The number of carbonyl (C=O) groups is 2. The van der Waals surface area contributed by atoms with Gasteiger partial charge in [-0.15, -0.1) is 11.3 Å². The average Bonchev–Trinajstić information content (AvgIpc) is 3.05. The van der Waals surface area contributed by atoms with Crippen molar-refractivity contribution in [3.8, 4) is 0 Å². The van der Waals surface area contributed by atoms with Gasteiger partial charge in [0.15, 0.2) is 0 Å². The summed E-state index contributed by atoms with van der Waals surface area (Å²) in [5.74, 6) is 0.908. The number of fused-ring (bicyclic) bond motifs is 1. The summed E-state index contributed by atoms with van der Waals surface area (Å²) in [6.45, 7) is 5.62. The van der Waals surface area contributed by atoms with Gasteiger partial charge >= 0.3 is 0 Å². The Labute approximate surface area is 123 Å². The molecule has 108 valence electrons. The number of nitrogens with zero attached hydrogens (tertiary/aromatic N) is 1. The van der Waals surface area contributed by atoms with Gasteiger partial charge < -0.3 is 10.2 Å². The van der Waals surface area contributed by atoms with Crippen molar-refractivity contribution in [3.05, 3.63) is 15.8 Å². The van der Waals surface area contributed by atoms with E-state index in [2.05, 4.69) is 19.2 Å². The van der Waals surface area contributed by atoms with Crippen molar-refractivity contribution in [1.29, 1.82) is 0 Å².